The van der Waals surface area contributed by atoms with Crippen LogP contribution in [0.15, 0.2) is 48.8 Å². The van der Waals surface area contributed by atoms with Gasteiger partial charge in [0.1, 0.15) is 11.4 Å². The molecule has 1 atom stereocenters. The first-order chi connectivity index (χ1) is 13.6. The van der Waals surface area contributed by atoms with Gasteiger partial charge in [-0.3, -0.25) is 9.78 Å². The van der Waals surface area contributed by atoms with E-state index in [4.69, 9.17) is 9.47 Å². The number of carbonyl (C=O) groups excluding carboxylic acids is 1. The minimum Gasteiger partial charge on any atom is -0.377 e. The quantitative estimate of drug-likeness (QED) is 0.689. The summed E-state index contributed by atoms with van der Waals surface area (Å²) in [7, 11) is 0. The van der Waals surface area contributed by atoms with Crippen LogP contribution in [0.2, 0.25) is 0 Å². The van der Waals surface area contributed by atoms with Crippen LogP contribution in [0.1, 0.15) is 24.0 Å². The van der Waals surface area contributed by atoms with Crippen LogP contribution < -0.4 is 0 Å². The van der Waals surface area contributed by atoms with Crippen molar-refractivity contribution in [2.24, 2.45) is 5.92 Å². The van der Waals surface area contributed by atoms with E-state index in [-0.39, 0.29) is 17.3 Å². The van der Waals surface area contributed by atoms with Gasteiger partial charge >= 0.3 is 0 Å². The van der Waals surface area contributed by atoms with Gasteiger partial charge < -0.3 is 14.4 Å². The average Bonchev–Trinajstić information content (AvgIpc) is 3.11. The zero-order valence-electron chi connectivity index (χ0n) is 15.9. The number of carbonyl (C=O) groups is 1. The molecule has 28 heavy (non-hydrogen) atoms. The summed E-state index contributed by atoms with van der Waals surface area (Å²) in [6.07, 6.45) is 5.67. The second kappa shape index (κ2) is 8.37. The summed E-state index contributed by atoms with van der Waals surface area (Å²) in [6.45, 7) is 2.91. The van der Waals surface area contributed by atoms with Crippen molar-refractivity contribution in [3.05, 3.63) is 65.7 Å². The molecule has 0 saturated carbocycles. The Balaban J connectivity index is 1.16. The van der Waals surface area contributed by atoms with Gasteiger partial charge in [-0.05, 0) is 36.5 Å². The van der Waals surface area contributed by atoms with Gasteiger partial charge in [-0.2, -0.15) is 0 Å². The molecule has 0 aliphatic carbocycles. The largest absolute Gasteiger partial charge is 0.377 e. The zero-order valence-corrected chi connectivity index (χ0v) is 15.9. The molecule has 0 radical (unpaired) electrons. The lowest BCUT2D eigenvalue weighted by Crippen LogP contribution is -2.63. The van der Waals surface area contributed by atoms with Crippen molar-refractivity contribution >= 4 is 5.91 Å². The maximum absolute atomic E-state index is 13.6. The lowest BCUT2D eigenvalue weighted by molar-refractivity contribution is -0.157. The van der Waals surface area contributed by atoms with Gasteiger partial charge in [-0.15, -0.1) is 0 Å². The average molecular weight is 384 g/mol. The van der Waals surface area contributed by atoms with E-state index in [1.54, 1.807) is 24.5 Å². The Morgan fingerprint density at radius 1 is 1.29 bits per heavy atom. The number of halogens is 1. The van der Waals surface area contributed by atoms with Gasteiger partial charge in [0, 0.05) is 24.6 Å². The molecule has 2 saturated heterocycles. The Morgan fingerprint density at radius 3 is 2.93 bits per heavy atom. The van der Waals surface area contributed by atoms with Crippen LogP contribution >= 0.6 is 0 Å². The SMILES string of the molecule is O=C(Cc1cccnc1)N1CC2(CC(CCOCc3ccccc3F)CO2)C1. The van der Waals surface area contributed by atoms with E-state index < -0.39 is 0 Å². The summed E-state index contributed by atoms with van der Waals surface area (Å²) in [5.74, 6) is 0.325. The number of likely N-dealkylation sites (tertiary alicyclic amines) is 1. The molecule has 1 aromatic heterocycles. The molecule has 0 N–H and O–H groups in total. The minimum absolute atomic E-state index is 0.124. The fraction of sp³-hybridized carbons (Fsp3) is 0.455. The predicted molar refractivity (Wildman–Crippen MR) is 102 cm³/mol. The Labute approximate surface area is 164 Å². The summed E-state index contributed by atoms with van der Waals surface area (Å²) in [6, 6.07) is 10.5. The number of ether oxygens (including phenoxy) is 2. The van der Waals surface area contributed by atoms with E-state index in [1.807, 2.05) is 23.1 Å². The maximum Gasteiger partial charge on any atom is 0.227 e. The van der Waals surface area contributed by atoms with Gasteiger partial charge in [0.15, 0.2) is 0 Å². The topological polar surface area (TPSA) is 51.7 Å². The summed E-state index contributed by atoms with van der Waals surface area (Å²) < 4.78 is 25.3. The van der Waals surface area contributed by atoms with Crippen molar-refractivity contribution < 1.29 is 18.7 Å². The molecule has 2 fully saturated rings. The first-order valence-corrected chi connectivity index (χ1v) is 9.75. The van der Waals surface area contributed by atoms with E-state index in [2.05, 4.69) is 4.98 Å². The highest BCUT2D eigenvalue weighted by Gasteiger charge is 2.50. The smallest absolute Gasteiger partial charge is 0.227 e. The number of hydrogen-bond acceptors (Lipinski definition) is 4. The number of aromatic nitrogens is 1. The Kier molecular flexibility index (Phi) is 5.69. The normalized spacial score (nSPS) is 20.3. The van der Waals surface area contributed by atoms with Gasteiger partial charge in [0.25, 0.3) is 0 Å². The molecule has 2 aliphatic heterocycles. The van der Waals surface area contributed by atoms with Gasteiger partial charge in [0.05, 0.1) is 32.7 Å². The van der Waals surface area contributed by atoms with Crippen LogP contribution in [0, 0.1) is 11.7 Å². The van der Waals surface area contributed by atoms with Crippen molar-refractivity contribution in [3.63, 3.8) is 0 Å². The zero-order chi connectivity index (χ0) is 19.4. The second-order valence-corrected chi connectivity index (χ2v) is 7.78. The molecule has 6 heteroatoms. The number of pyridine rings is 1. The molecule has 1 unspecified atom stereocenters. The van der Waals surface area contributed by atoms with Crippen molar-refractivity contribution in [3.8, 4) is 0 Å². The summed E-state index contributed by atoms with van der Waals surface area (Å²) in [5, 5.41) is 0. The van der Waals surface area contributed by atoms with Crippen molar-refractivity contribution in [2.45, 2.75) is 31.5 Å². The van der Waals surface area contributed by atoms with Crippen LogP contribution in [0.4, 0.5) is 4.39 Å². The van der Waals surface area contributed by atoms with Gasteiger partial charge in [-0.25, -0.2) is 4.39 Å². The standard InChI is InChI=1S/C22H25FN2O3/c23-20-6-2-1-5-19(20)14-27-9-7-18-11-22(28-13-18)15-25(16-22)21(26)10-17-4-3-8-24-12-17/h1-6,8,12,18H,7,9-11,13-16H2. The third-order valence-electron chi connectivity index (χ3n) is 5.56. The van der Waals surface area contributed by atoms with Crippen LogP contribution in [0.5, 0.6) is 0 Å². The molecule has 1 amide bonds. The van der Waals surface area contributed by atoms with Crippen LogP contribution in [0.25, 0.3) is 0 Å². The van der Waals surface area contributed by atoms with E-state index in [1.165, 1.54) is 6.07 Å². The molecule has 148 valence electrons. The molecular formula is C22H25FN2O3. The fourth-order valence-corrected chi connectivity index (χ4v) is 4.01. The molecule has 1 aromatic carbocycles. The van der Waals surface area contributed by atoms with E-state index in [9.17, 15) is 9.18 Å². The first-order valence-electron chi connectivity index (χ1n) is 9.75. The molecule has 2 aliphatic rings. The summed E-state index contributed by atoms with van der Waals surface area (Å²) >= 11 is 0. The van der Waals surface area contributed by atoms with E-state index in [0.717, 1.165) is 18.4 Å². The number of rotatable bonds is 7. The number of benzene rings is 1. The molecule has 5 nitrogen and oxygen atoms in total. The maximum atomic E-state index is 13.6. The second-order valence-electron chi connectivity index (χ2n) is 7.78. The molecular weight excluding hydrogens is 359 g/mol. The predicted octanol–water partition coefficient (Wildman–Crippen LogP) is 2.99. The summed E-state index contributed by atoms with van der Waals surface area (Å²) in [4.78, 5) is 18.3. The fourth-order valence-electron chi connectivity index (χ4n) is 4.01. The highest BCUT2D eigenvalue weighted by Crippen LogP contribution is 2.39. The van der Waals surface area contributed by atoms with E-state index >= 15 is 0 Å². The Morgan fingerprint density at radius 2 is 2.14 bits per heavy atom. The molecule has 3 heterocycles. The molecule has 2 aromatic rings. The Hall–Kier alpha value is -2.31. The first kappa shape index (κ1) is 19.0. The van der Waals surface area contributed by atoms with Gasteiger partial charge in [0.2, 0.25) is 5.91 Å². The number of nitrogens with zero attached hydrogens (tertiary/aromatic N) is 2. The molecule has 0 bridgehead atoms. The van der Waals surface area contributed by atoms with Crippen molar-refractivity contribution in [1.82, 2.24) is 9.88 Å². The van der Waals surface area contributed by atoms with Crippen LogP contribution in [-0.4, -0.2) is 47.7 Å². The van der Waals surface area contributed by atoms with Gasteiger partial charge in [-0.1, -0.05) is 24.3 Å². The van der Waals surface area contributed by atoms with Crippen molar-refractivity contribution in [1.29, 1.82) is 0 Å². The monoisotopic (exact) mass is 384 g/mol. The summed E-state index contributed by atoms with van der Waals surface area (Å²) in [5.41, 5.74) is 1.34. The van der Waals surface area contributed by atoms with Crippen LogP contribution in [-0.2, 0) is 27.3 Å². The third-order valence-corrected chi connectivity index (χ3v) is 5.56. The van der Waals surface area contributed by atoms with Crippen LogP contribution in [0.3, 0.4) is 0 Å². The Bertz CT molecular complexity index is 808. The van der Waals surface area contributed by atoms with E-state index in [0.29, 0.717) is 50.8 Å². The highest BCUT2D eigenvalue weighted by atomic mass is 19.1. The minimum atomic E-state index is -0.226. The molecule has 1 spiro atoms. The van der Waals surface area contributed by atoms with Crippen molar-refractivity contribution in [2.75, 3.05) is 26.3 Å². The highest BCUT2D eigenvalue weighted by molar-refractivity contribution is 5.79. The lowest BCUT2D eigenvalue weighted by Gasteiger charge is -2.47. The molecule has 4 rings (SSSR count). The third kappa shape index (κ3) is 4.39. The lowest BCUT2D eigenvalue weighted by atomic mass is 9.85. The number of amides is 1. The number of hydrogen-bond donors (Lipinski definition) is 0.